The number of hydrogen-bond donors (Lipinski definition) is 1. The van der Waals surface area contributed by atoms with Gasteiger partial charge >= 0.3 is 0 Å². The minimum Gasteiger partial charge on any atom is -0.458 e. The fourth-order valence-electron chi connectivity index (χ4n) is 2.00. The first-order valence-electron chi connectivity index (χ1n) is 6.50. The van der Waals surface area contributed by atoms with Crippen molar-refractivity contribution in [3.05, 3.63) is 35.6 Å². The Bertz CT molecular complexity index is 544. The zero-order chi connectivity index (χ0) is 13.5. The summed E-state index contributed by atoms with van der Waals surface area (Å²) in [4.78, 5) is 0. The fourth-order valence-corrected chi connectivity index (χ4v) is 2.00. The van der Waals surface area contributed by atoms with Crippen LogP contribution in [0.4, 0.5) is 0 Å². The summed E-state index contributed by atoms with van der Waals surface area (Å²) >= 11 is 0. The maximum absolute atomic E-state index is 10.2. The molecule has 0 bridgehead atoms. The monoisotopic (exact) mass is 246 g/mol. The quantitative estimate of drug-likeness (QED) is 0.837. The van der Waals surface area contributed by atoms with Gasteiger partial charge in [0.25, 0.3) is 0 Å². The van der Waals surface area contributed by atoms with Crippen molar-refractivity contribution in [2.24, 2.45) is 5.41 Å². The highest BCUT2D eigenvalue weighted by Gasteiger charge is 2.26. The van der Waals surface area contributed by atoms with E-state index in [1.807, 2.05) is 32.9 Å². The van der Waals surface area contributed by atoms with Crippen molar-refractivity contribution in [3.8, 4) is 0 Å². The van der Waals surface area contributed by atoms with Crippen LogP contribution >= 0.6 is 0 Å². The molecule has 0 aliphatic rings. The lowest BCUT2D eigenvalue weighted by molar-refractivity contribution is 0.0448. The Morgan fingerprint density at radius 1 is 1.11 bits per heavy atom. The molecule has 1 N–H and O–H groups in total. The first kappa shape index (κ1) is 13.2. The van der Waals surface area contributed by atoms with Crippen LogP contribution in [0, 0.1) is 5.41 Å². The van der Waals surface area contributed by atoms with Gasteiger partial charge in [-0.05, 0) is 35.1 Å². The van der Waals surface area contributed by atoms with Gasteiger partial charge in [0, 0.05) is 5.39 Å². The molecule has 1 atom stereocenters. The van der Waals surface area contributed by atoms with Gasteiger partial charge in [-0.15, -0.1) is 0 Å². The van der Waals surface area contributed by atoms with Crippen molar-refractivity contribution in [3.63, 3.8) is 0 Å². The Morgan fingerprint density at radius 2 is 1.78 bits per heavy atom. The third-order valence-corrected chi connectivity index (χ3v) is 3.32. The first-order chi connectivity index (χ1) is 8.29. The summed E-state index contributed by atoms with van der Waals surface area (Å²) in [7, 11) is 0. The number of hydrogen-bond acceptors (Lipinski definition) is 2. The fraction of sp³-hybridized carbons (Fsp3) is 0.500. The summed E-state index contributed by atoms with van der Waals surface area (Å²) in [5, 5.41) is 11.3. The van der Waals surface area contributed by atoms with Crippen LogP contribution in [0.5, 0.6) is 0 Å². The third kappa shape index (κ3) is 2.44. The molecule has 2 heteroatoms. The average molecular weight is 246 g/mol. The van der Waals surface area contributed by atoms with E-state index < -0.39 is 6.10 Å². The average Bonchev–Trinajstić information content (AvgIpc) is 2.68. The highest BCUT2D eigenvalue weighted by molar-refractivity contribution is 5.79. The lowest BCUT2D eigenvalue weighted by Gasteiger charge is -2.23. The number of fused-ring (bicyclic) bond motifs is 1. The number of benzene rings is 1. The van der Waals surface area contributed by atoms with Crippen molar-refractivity contribution >= 4 is 11.0 Å². The van der Waals surface area contributed by atoms with Gasteiger partial charge in [-0.3, -0.25) is 0 Å². The van der Waals surface area contributed by atoms with Gasteiger partial charge in [0.05, 0.1) is 0 Å². The van der Waals surface area contributed by atoms with Crippen LogP contribution in [0.2, 0.25) is 0 Å². The van der Waals surface area contributed by atoms with Crippen molar-refractivity contribution in [1.29, 1.82) is 0 Å². The van der Waals surface area contributed by atoms with E-state index in [1.54, 1.807) is 0 Å². The molecule has 2 rings (SSSR count). The normalized spacial score (nSPS) is 14.4. The molecule has 0 spiro atoms. The maximum atomic E-state index is 10.2. The van der Waals surface area contributed by atoms with Gasteiger partial charge in [0.2, 0.25) is 0 Å². The Hall–Kier alpha value is -1.28. The molecule has 0 fully saturated rings. The molecule has 0 amide bonds. The molecule has 1 unspecified atom stereocenters. The molecule has 1 aromatic heterocycles. The lowest BCUT2D eigenvalue weighted by atomic mass is 9.88. The van der Waals surface area contributed by atoms with E-state index in [0.29, 0.717) is 11.7 Å². The smallest absolute Gasteiger partial charge is 0.134 e. The molecule has 0 aliphatic heterocycles. The summed E-state index contributed by atoms with van der Waals surface area (Å²) < 4.78 is 5.74. The van der Waals surface area contributed by atoms with Gasteiger partial charge in [0.15, 0.2) is 0 Å². The van der Waals surface area contributed by atoms with E-state index in [0.717, 1.165) is 11.0 Å². The van der Waals surface area contributed by atoms with Crippen LogP contribution in [0.25, 0.3) is 11.0 Å². The first-order valence-corrected chi connectivity index (χ1v) is 6.50. The van der Waals surface area contributed by atoms with Crippen LogP contribution in [0.1, 0.15) is 58.0 Å². The second-order valence-electron chi connectivity index (χ2n) is 6.37. The predicted octanol–water partition coefficient (Wildman–Crippen LogP) is 4.64. The van der Waals surface area contributed by atoms with E-state index >= 15 is 0 Å². The SMILES string of the molecule is CC(C)c1ccc2oc(C(O)C(C)(C)C)cc2c1. The van der Waals surface area contributed by atoms with Crippen molar-refractivity contribution in [2.75, 3.05) is 0 Å². The van der Waals surface area contributed by atoms with E-state index in [1.165, 1.54) is 5.56 Å². The second kappa shape index (κ2) is 4.43. The number of aliphatic hydroxyl groups is 1. The molecule has 0 saturated heterocycles. The molecule has 1 aromatic carbocycles. The molecule has 18 heavy (non-hydrogen) atoms. The Labute approximate surface area is 109 Å². The molecule has 0 radical (unpaired) electrons. The lowest BCUT2D eigenvalue weighted by Crippen LogP contribution is -2.16. The molecule has 0 saturated carbocycles. The highest BCUT2D eigenvalue weighted by Crippen LogP contribution is 2.35. The summed E-state index contributed by atoms with van der Waals surface area (Å²) in [5.74, 6) is 1.15. The van der Waals surface area contributed by atoms with Gasteiger partial charge in [-0.25, -0.2) is 0 Å². The minimum absolute atomic E-state index is 0.214. The summed E-state index contributed by atoms with van der Waals surface area (Å²) in [6.45, 7) is 10.4. The van der Waals surface area contributed by atoms with Crippen molar-refractivity contribution < 1.29 is 9.52 Å². The van der Waals surface area contributed by atoms with Gasteiger partial charge in [-0.1, -0.05) is 40.7 Å². The zero-order valence-electron chi connectivity index (χ0n) is 11.8. The standard InChI is InChI=1S/C16H22O2/c1-10(2)11-6-7-13-12(8-11)9-14(18-13)15(17)16(3,4)5/h6-10,15,17H,1-5H3. The van der Waals surface area contributed by atoms with E-state index in [9.17, 15) is 5.11 Å². The highest BCUT2D eigenvalue weighted by atomic mass is 16.4. The van der Waals surface area contributed by atoms with E-state index in [-0.39, 0.29) is 5.41 Å². The summed E-state index contributed by atoms with van der Waals surface area (Å²) in [6, 6.07) is 8.17. The summed E-state index contributed by atoms with van der Waals surface area (Å²) in [5.41, 5.74) is 1.92. The summed E-state index contributed by atoms with van der Waals surface area (Å²) in [6.07, 6.45) is -0.576. The topological polar surface area (TPSA) is 33.4 Å². The third-order valence-electron chi connectivity index (χ3n) is 3.32. The maximum Gasteiger partial charge on any atom is 0.134 e. The van der Waals surface area contributed by atoms with Crippen LogP contribution in [-0.2, 0) is 0 Å². The van der Waals surface area contributed by atoms with Crippen molar-refractivity contribution in [1.82, 2.24) is 0 Å². The minimum atomic E-state index is -0.576. The number of furan rings is 1. The largest absolute Gasteiger partial charge is 0.458 e. The number of rotatable bonds is 2. The Balaban J connectivity index is 2.44. The molecular formula is C16H22O2. The second-order valence-corrected chi connectivity index (χ2v) is 6.37. The van der Waals surface area contributed by atoms with Gasteiger partial charge in [0.1, 0.15) is 17.4 Å². The van der Waals surface area contributed by atoms with Crippen LogP contribution < -0.4 is 0 Å². The van der Waals surface area contributed by atoms with E-state index in [4.69, 9.17) is 4.42 Å². The van der Waals surface area contributed by atoms with Gasteiger partial charge < -0.3 is 9.52 Å². The van der Waals surface area contributed by atoms with Crippen molar-refractivity contribution in [2.45, 2.75) is 46.6 Å². The van der Waals surface area contributed by atoms with Gasteiger partial charge in [-0.2, -0.15) is 0 Å². The number of aliphatic hydroxyl groups excluding tert-OH is 1. The molecule has 2 nitrogen and oxygen atoms in total. The molecular weight excluding hydrogens is 224 g/mol. The molecule has 2 aromatic rings. The molecule has 1 heterocycles. The zero-order valence-corrected chi connectivity index (χ0v) is 11.8. The van der Waals surface area contributed by atoms with E-state index in [2.05, 4.69) is 26.0 Å². The molecule has 0 aliphatic carbocycles. The Kier molecular flexibility index (Phi) is 3.24. The van der Waals surface area contributed by atoms with Crippen LogP contribution in [0.15, 0.2) is 28.7 Å². The Morgan fingerprint density at radius 3 is 2.33 bits per heavy atom. The molecule has 98 valence electrons. The van der Waals surface area contributed by atoms with Crippen LogP contribution in [-0.4, -0.2) is 5.11 Å². The predicted molar refractivity (Wildman–Crippen MR) is 74.7 cm³/mol. The van der Waals surface area contributed by atoms with Crippen LogP contribution in [0.3, 0.4) is 0 Å².